The topological polar surface area (TPSA) is 76.4 Å². The first-order chi connectivity index (χ1) is 14.5. The minimum Gasteiger partial charge on any atom is -0.497 e. The molecule has 3 aromatic carbocycles. The number of hydrogen-bond donors (Lipinski definition) is 2. The van der Waals surface area contributed by atoms with E-state index in [1.807, 2.05) is 24.3 Å². The van der Waals surface area contributed by atoms with Crippen molar-refractivity contribution in [1.82, 2.24) is 10.3 Å². The van der Waals surface area contributed by atoms with Gasteiger partial charge in [-0.15, -0.1) is 0 Å². The zero-order valence-electron chi connectivity index (χ0n) is 15.8. The summed E-state index contributed by atoms with van der Waals surface area (Å²) in [5.41, 5.74) is 3.10. The lowest BCUT2D eigenvalue weighted by atomic mass is 10.2. The van der Waals surface area contributed by atoms with E-state index in [1.165, 1.54) is 0 Å². The third-order valence-corrected chi connectivity index (χ3v) is 4.84. The van der Waals surface area contributed by atoms with Crippen LogP contribution in [0.3, 0.4) is 0 Å². The number of hydrogen-bond acceptors (Lipinski definition) is 5. The number of ether oxygens (including phenoxy) is 1. The second kappa shape index (κ2) is 8.52. The molecule has 0 saturated carbocycles. The molecule has 0 atom stereocenters. The van der Waals surface area contributed by atoms with Crippen LogP contribution in [0.15, 0.2) is 71.1 Å². The Labute approximate surface area is 182 Å². The van der Waals surface area contributed by atoms with Crippen LogP contribution in [0.25, 0.3) is 22.6 Å². The van der Waals surface area contributed by atoms with Crippen molar-refractivity contribution in [2.24, 2.45) is 0 Å². The molecule has 0 spiro atoms. The summed E-state index contributed by atoms with van der Waals surface area (Å²) in [5.74, 6) is 0.813. The van der Waals surface area contributed by atoms with Crippen LogP contribution < -0.4 is 15.4 Å². The number of aromatic nitrogens is 1. The highest BCUT2D eigenvalue weighted by molar-refractivity contribution is 7.80. The molecule has 1 aromatic heterocycles. The number of oxazole rings is 1. The highest BCUT2D eigenvalue weighted by atomic mass is 35.5. The van der Waals surface area contributed by atoms with E-state index in [-0.39, 0.29) is 11.0 Å². The number of carbonyl (C=O) groups is 1. The average molecular weight is 438 g/mol. The van der Waals surface area contributed by atoms with Gasteiger partial charge in [0.1, 0.15) is 11.3 Å². The molecule has 4 rings (SSSR count). The van der Waals surface area contributed by atoms with Crippen LogP contribution >= 0.6 is 23.8 Å². The molecule has 1 heterocycles. The molecule has 0 aliphatic carbocycles. The van der Waals surface area contributed by atoms with E-state index in [2.05, 4.69) is 15.6 Å². The average Bonchev–Trinajstić information content (AvgIpc) is 3.17. The lowest BCUT2D eigenvalue weighted by molar-refractivity contribution is 0.0978. The largest absolute Gasteiger partial charge is 0.497 e. The summed E-state index contributed by atoms with van der Waals surface area (Å²) in [4.78, 5) is 16.9. The van der Waals surface area contributed by atoms with Crippen molar-refractivity contribution in [2.45, 2.75) is 0 Å². The van der Waals surface area contributed by atoms with E-state index in [4.69, 9.17) is 33.0 Å². The lowest BCUT2D eigenvalue weighted by Crippen LogP contribution is -2.34. The molecule has 0 bridgehead atoms. The van der Waals surface area contributed by atoms with Gasteiger partial charge in [-0.05, 0) is 60.7 Å². The maximum atomic E-state index is 12.3. The smallest absolute Gasteiger partial charge is 0.258 e. The standard InChI is InChI=1S/C22H16ClN3O3S/c1-28-15-6-4-5-13(11-15)21-25-18-12-14(9-10-19(18)29-21)24-22(30)26-20(27)16-7-2-3-8-17(16)23/h2-12H,1H3,(H2,24,26,27,30). The minimum absolute atomic E-state index is 0.149. The first kappa shape index (κ1) is 19.9. The van der Waals surface area contributed by atoms with Crippen LogP contribution in [0.1, 0.15) is 10.4 Å². The molecule has 0 radical (unpaired) electrons. The Morgan fingerprint density at radius 3 is 2.73 bits per heavy atom. The molecule has 4 aromatic rings. The predicted octanol–water partition coefficient (Wildman–Crippen LogP) is 5.28. The second-order valence-electron chi connectivity index (χ2n) is 6.32. The fraction of sp³-hybridized carbons (Fsp3) is 0.0455. The van der Waals surface area contributed by atoms with Crippen molar-refractivity contribution in [3.05, 3.63) is 77.3 Å². The zero-order chi connectivity index (χ0) is 21.1. The third-order valence-electron chi connectivity index (χ3n) is 4.31. The molecule has 6 nitrogen and oxygen atoms in total. The van der Waals surface area contributed by atoms with Gasteiger partial charge in [0.05, 0.1) is 17.7 Å². The van der Waals surface area contributed by atoms with Gasteiger partial charge in [0, 0.05) is 11.3 Å². The van der Waals surface area contributed by atoms with E-state index in [9.17, 15) is 4.79 Å². The number of nitrogens with one attached hydrogen (secondary N) is 2. The SMILES string of the molecule is COc1cccc(-c2nc3cc(NC(=S)NC(=O)c4ccccc4Cl)ccc3o2)c1. The van der Waals surface area contributed by atoms with Gasteiger partial charge in [-0.1, -0.05) is 29.8 Å². The van der Waals surface area contributed by atoms with Crippen molar-refractivity contribution >= 4 is 51.6 Å². The van der Waals surface area contributed by atoms with E-state index >= 15 is 0 Å². The van der Waals surface area contributed by atoms with Crippen LogP contribution in [0.2, 0.25) is 5.02 Å². The Kier molecular flexibility index (Phi) is 5.65. The predicted molar refractivity (Wildman–Crippen MR) is 121 cm³/mol. The number of rotatable bonds is 4. The molecular formula is C22H16ClN3O3S. The fourth-order valence-electron chi connectivity index (χ4n) is 2.86. The summed E-state index contributed by atoms with van der Waals surface area (Å²) in [6, 6.07) is 19.6. The summed E-state index contributed by atoms with van der Waals surface area (Å²) in [7, 11) is 1.61. The number of nitrogens with zero attached hydrogens (tertiary/aromatic N) is 1. The summed E-state index contributed by atoms with van der Waals surface area (Å²) in [6.07, 6.45) is 0. The number of methoxy groups -OCH3 is 1. The van der Waals surface area contributed by atoms with Gasteiger partial charge >= 0.3 is 0 Å². The molecule has 0 aliphatic rings. The van der Waals surface area contributed by atoms with Gasteiger partial charge in [0.25, 0.3) is 5.91 Å². The molecule has 0 fully saturated rings. The van der Waals surface area contributed by atoms with Crippen molar-refractivity contribution in [3.63, 3.8) is 0 Å². The maximum Gasteiger partial charge on any atom is 0.258 e. The molecule has 0 unspecified atom stereocenters. The van der Waals surface area contributed by atoms with E-state index in [0.29, 0.717) is 33.3 Å². The number of amides is 1. The highest BCUT2D eigenvalue weighted by Crippen LogP contribution is 2.28. The van der Waals surface area contributed by atoms with Gasteiger partial charge < -0.3 is 14.5 Å². The highest BCUT2D eigenvalue weighted by Gasteiger charge is 2.13. The first-order valence-electron chi connectivity index (χ1n) is 8.95. The van der Waals surface area contributed by atoms with Crippen molar-refractivity contribution in [1.29, 1.82) is 0 Å². The number of benzene rings is 3. The minimum atomic E-state index is -0.388. The maximum absolute atomic E-state index is 12.3. The molecule has 150 valence electrons. The number of thiocarbonyl (C=S) groups is 1. The van der Waals surface area contributed by atoms with Crippen LogP contribution in [0.5, 0.6) is 5.75 Å². The van der Waals surface area contributed by atoms with Gasteiger partial charge in [-0.2, -0.15) is 0 Å². The Hall–Kier alpha value is -3.42. The van der Waals surface area contributed by atoms with Crippen molar-refractivity contribution in [3.8, 4) is 17.2 Å². The summed E-state index contributed by atoms with van der Waals surface area (Å²) < 4.78 is 11.1. The normalized spacial score (nSPS) is 10.6. The molecule has 0 aliphatic heterocycles. The van der Waals surface area contributed by atoms with Crippen LogP contribution in [-0.4, -0.2) is 23.1 Å². The number of carbonyl (C=O) groups excluding carboxylic acids is 1. The molecule has 1 amide bonds. The molecule has 2 N–H and O–H groups in total. The van der Waals surface area contributed by atoms with Crippen LogP contribution in [0.4, 0.5) is 5.69 Å². The van der Waals surface area contributed by atoms with Crippen LogP contribution in [-0.2, 0) is 0 Å². The van der Waals surface area contributed by atoms with Gasteiger partial charge in [0.15, 0.2) is 10.7 Å². The van der Waals surface area contributed by atoms with E-state index < -0.39 is 0 Å². The molecule has 8 heteroatoms. The lowest BCUT2D eigenvalue weighted by Gasteiger charge is -2.10. The zero-order valence-corrected chi connectivity index (χ0v) is 17.4. The van der Waals surface area contributed by atoms with Gasteiger partial charge in [-0.3, -0.25) is 10.1 Å². The third kappa shape index (κ3) is 4.27. The monoisotopic (exact) mass is 437 g/mol. The molecule has 30 heavy (non-hydrogen) atoms. The molecule has 0 saturated heterocycles. The fourth-order valence-corrected chi connectivity index (χ4v) is 3.30. The van der Waals surface area contributed by atoms with Gasteiger partial charge in [0.2, 0.25) is 5.89 Å². The number of anilines is 1. The van der Waals surface area contributed by atoms with Crippen LogP contribution in [0, 0.1) is 0 Å². The number of fused-ring (bicyclic) bond motifs is 1. The van der Waals surface area contributed by atoms with E-state index in [1.54, 1.807) is 49.6 Å². The Morgan fingerprint density at radius 2 is 1.93 bits per heavy atom. The van der Waals surface area contributed by atoms with Crippen molar-refractivity contribution < 1.29 is 13.9 Å². The summed E-state index contributed by atoms with van der Waals surface area (Å²) >= 11 is 11.3. The Bertz CT molecular complexity index is 1260. The Morgan fingerprint density at radius 1 is 1.10 bits per heavy atom. The van der Waals surface area contributed by atoms with Gasteiger partial charge in [-0.25, -0.2) is 4.98 Å². The number of halogens is 1. The summed E-state index contributed by atoms with van der Waals surface area (Å²) in [5, 5.41) is 6.10. The Balaban J connectivity index is 1.50. The van der Waals surface area contributed by atoms with E-state index in [0.717, 1.165) is 11.3 Å². The first-order valence-corrected chi connectivity index (χ1v) is 9.74. The summed E-state index contributed by atoms with van der Waals surface area (Å²) in [6.45, 7) is 0. The quantitative estimate of drug-likeness (QED) is 0.423. The second-order valence-corrected chi connectivity index (χ2v) is 7.14. The molecular weight excluding hydrogens is 422 g/mol. The van der Waals surface area contributed by atoms with Crippen molar-refractivity contribution in [2.75, 3.05) is 12.4 Å².